The van der Waals surface area contributed by atoms with E-state index in [1.807, 2.05) is 13.8 Å². The molecule has 0 bridgehead atoms. The zero-order valence-electron chi connectivity index (χ0n) is 10.9. The van der Waals surface area contributed by atoms with E-state index in [4.69, 9.17) is 9.84 Å². The molecule has 1 amide bonds. The van der Waals surface area contributed by atoms with Crippen LogP contribution in [0, 0.1) is 5.92 Å². The molecule has 0 aromatic carbocycles. The largest absolute Gasteiger partial charge is 0.480 e. The van der Waals surface area contributed by atoms with E-state index in [0.717, 1.165) is 6.42 Å². The molecule has 5 heteroatoms. The van der Waals surface area contributed by atoms with Gasteiger partial charge in [-0.1, -0.05) is 20.3 Å². The van der Waals surface area contributed by atoms with Crippen LogP contribution in [0.4, 0.5) is 0 Å². The van der Waals surface area contributed by atoms with Crippen LogP contribution in [0.2, 0.25) is 0 Å². The fourth-order valence-corrected chi connectivity index (χ4v) is 1.40. The molecule has 0 rings (SSSR count). The minimum Gasteiger partial charge on any atom is -0.480 e. The van der Waals surface area contributed by atoms with Gasteiger partial charge in [0.2, 0.25) is 5.91 Å². The van der Waals surface area contributed by atoms with E-state index in [1.165, 1.54) is 0 Å². The highest BCUT2D eigenvalue weighted by atomic mass is 16.5. The van der Waals surface area contributed by atoms with Crippen molar-refractivity contribution >= 4 is 11.9 Å². The number of ether oxygens (including phenoxy) is 1. The monoisotopic (exact) mass is 245 g/mol. The number of carboxylic acids is 1. The van der Waals surface area contributed by atoms with Gasteiger partial charge < -0.3 is 15.2 Å². The van der Waals surface area contributed by atoms with Gasteiger partial charge in [-0.3, -0.25) is 4.79 Å². The van der Waals surface area contributed by atoms with E-state index < -0.39 is 12.0 Å². The Hall–Kier alpha value is -1.10. The molecule has 0 radical (unpaired) electrons. The number of carbonyl (C=O) groups is 2. The van der Waals surface area contributed by atoms with Crippen molar-refractivity contribution in [3.05, 3.63) is 0 Å². The lowest BCUT2D eigenvalue weighted by atomic mass is 10.0. The van der Waals surface area contributed by atoms with E-state index in [0.29, 0.717) is 25.9 Å². The zero-order valence-corrected chi connectivity index (χ0v) is 10.9. The number of carbonyl (C=O) groups excluding carboxylic acids is 1. The van der Waals surface area contributed by atoms with Crippen LogP contribution in [0.3, 0.4) is 0 Å². The Morgan fingerprint density at radius 3 is 2.53 bits per heavy atom. The molecule has 17 heavy (non-hydrogen) atoms. The normalized spacial score (nSPS) is 14.1. The summed E-state index contributed by atoms with van der Waals surface area (Å²) >= 11 is 0. The molecule has 0 aromatic rings. The second kappa shape index (κ2) is 8.98. The van der Waals surface area contributed by atoms with Crippen molar-refractivity contribution in [2.45, 2.75) is 45.6 Å². The molecule has 2 unspecified atom stereocenters. The Labute approximate surface area is 103 Å². The summed E-state index contributed by atoms with van der Waals surface area (Å²) in [7, 11) is 1.57. The number of methoxy groups -OCH3 is 1. The van der Waals surface area contributed by atoms with Crippen molar-refractivity contribution in [2.75, 3.05) is 13.7 Å². The zero-order chi connectivity index (χ0) is 13.3. The highest BCUT2D eigenvalue weighted by Gasteiger charge is 2.19. The van der Waals surface area contributed by atoms with Crippen molar-refractivity contribution in [3.63, 3.8) is 0 Å². The van der Waals surface area contributed by atoms with Gasteiger partial charge in [-0.15, -0.1) is 0 Å². The second-order valence-corrected chi connectivity index (χ2v) is 4.31. The maximum absolute atomic E-state index is 11.6. The van der Waals surface area contributed by atoms with Gasteiger partial charge in [0.1, 0.15) is 6.04 Å². The molecule has 0 fully saturated rings. The lowest BCUT2D eigenvalue weighted by Gasteiger charge is -2.15. The smallest absolute Gasteiger partial charge is 0.326 e. The fourth-order valence-electron chi connectivity index (χ4n) is 1.40. The Morgan fingerprint density at radius 2 is 2.06 bits per heavy atom. The Bertz CT molecular complexity index is 243. The summed E-state index contributed by atoms with van der Waals surface area (Å²) in [6, 6.07) is -0.804. The van der Waals surface area contributed by atoms with E-state index >= 15 is 0 Å². The minimum atomic E-state index is -0.987. The summed E-state index contributed by atoms with van der Waals surface area (Å²) in [6.07, 6.45) is 2.31. The van der Waals surface area contributed by atoms with Crippen LogP contribution >= 0.6 is 0 Å². The second-order valence-electron chi connectivity index (χ2n) is 4.31. The van der Waals surface area contributed by atoms with Crippen molar-refractivity contribution in [2.24, 2.45) is 5.92 Å². The van der Waals surface area contributed by atoms with Gasteiger partial charge in [-0.2, -0.15) is 0 Å². The van der Waals surface area contributed by atoms with Crippen molar-refractivity contribution < 1.29 is 19.4 Å². The topological polar surface area (TPSA) is 75.6 Å². The number of hydrogen-bond donors (Lipinski definition) is 2. The Balaban J connectivity index is 4.06. The van der Waals surface area contributed by atoms with Gasteiger partial charge in [0.05, 0.1) is 0 Å². The van der Waals surface area contributed by atoms with E-state index in [1.54, 1.807) is 7.11 Å². The third-order valence-corrected chi connectivity index (χ3v) is 2.71. The fraction of sp³-hybridized carbons (Fsp3) is 0.833. The number of amides is 1. The van der Waals surface area contributed by atoms with Gasteiger partial charge in [0.25, 0.3) is 0 Å². The maximum Gasteiger partial charge on any atom is 0.326 e. The summed E-state index contributed by atoms with van der Waals surface area (Å²) in [5, 5.41) is 11.5. The summed E-state index contributed by atoms with van der Waals surface area (Å²) in [5.74, 6) is -0.897. The summed E-state index contributed by atoms with van der Waals surface area (Å²) in [5.41, 5.74) is 0. The predicted molar refractivity (Wildman–Crippen MR) is 64.7 cm³/mol. The molecular weight excluding hydrogens is 222 g/mol. The van der Waals surface area contributed by atoms with Crippen LogP contribution in [0.25, 0.3) is 0 Å². The van der Waals surface area contributed by atoms with Crippen LogP contribution in [0.15, 0.2) is 0 Å². The molecule has 0 aliphatic carbocycles. The Kier molecular flexibility index (Phi) is 8.40. The average molecular weight is 245 g/mol. The first-order chi connectivity index (χ1) is 8.01. The first-order valence-corrected chi connectivity index (χ1v) is 6.02. The summed E-state index contributed by atoms with van der Waals surface area (Å²) in [6.45, 7) is 4.48. The molecule has 0 saturated carbocycles. The van der Waals surface area contributed by atoms with Gasteiger partial charge in [-0.05, 0) is 18.8 Å². The third-order valence-electron chi connectivity index (χ3n) is 2.71. The van der Waals surface area contributed by atoms with E-state index in [-0.39, 0.29) is 11.8 Å². The highest BCUT2D eigenvalue weighted by molar-refractivity contribution is 5.83. The molecule has 2 atom stereocenters. The van der Waals surface area contributed by atoms with Crippen molar-refractivity contribution in [3.8, 4) is 0 Å². The molecule has 0 aromatic heterocycles. The van der Waals surface area contributed by atoms with Crippen LogP contribution in [-0.2, 0) is 14.3 Å². The van der Waals surface area contributed by atoms with Crippen LogP contribution in [-0.4, -0.2) is 36.7 Å². The van der Waals surface area contributed by atoms with Gasteiger partial charge in [0, 0.05) is 20.1 Å². The first-order valence-electron chi connectivity index (χ1n) is 6.02. The van der Waals surface area contributed by atoms with Crippen LogP contribution in [0.5, 0.6) is 0 Å². The average Bonchev–Trinajstić information content (AvgIpc) is 2.27. The SMILES string of the molecule is CCC(C)CC(=O)NC(CCCOC)C(=O)O. The lowest BCUT2D eigenvalue weighted by molar-refractivity contribution is -0.142. The number of rotatable bonds is 9. The first kappa shape index (κ1) is 15.9. The minimum absolute atomic E-state index is 0.191. The van der Waals surface area contributed by atoms with E-state index in [2.05, 4.69) is 5.32 Å². The summed E-state index contributed by atoms with van der Waals surface area (Å²) < 4.78 is 4.85. The number of carboxylic acid groups (broad SMARTS) is 1. The number of nitrogens with one attached hydrogen (secondary N) is 1. The maximum atomic E-state index is 11.6. The van der Waals surface area contributed by atoms with E-state index in [9.17, 15) is 9.59 Å². The predicted octanol–water partition coefficient (Wildman–Crippen LogP) is 1.42. The summed E-state index contributed by atoms with van der Waals surface area (Å²) in [4.78, 5) is 22.5. The van der Waals surface area contributed by atoms with Crippen molar-refractivity contribution in [1.29, 1.82) is 0 Å². The highest BCUT2D eigenvalue weighted by Crippen LogP contribution is 2.07. The quantitative estimate of drug-likeness (QED) is 0.602. The third kappa shape index (κ3) is 7.74. The van der Waals surface area contributed by atoms with Crippen LogP contribution in [0.1, 0.15) is 39.5 Å². The standard InChI is InChI=1S/C12H23NO4/c1-4-9(2)8-11(14)13-10(12(15)16)6-5-7-17-3/h9-10H,4-8H2,1-3H3,(H,13,14)(H,15,16). The number of hydrogen-bond acceptors (Lipinski definition) is 3. The molecule has 5 nitrogen and oxygen atoms in total. The lowest BCUT2D eigenvalue weighted by Crippen LogP contribution is -2.41. The molecule has 2 N–H and O–H groups in total. The Morgan fingerprint density at radius 1 is 1.41 bits per heavy atom. The molecule has 0 spiro atoms. The van der Waals surface area contributed by atoms with Crippen molar-refractivity contribution in [1.82, 2.24) is 5.32 Å². The molecule has 0 aliphatic heterocycles. The molecular formula is C12H23NO4. The van der Waals surface area contributed by atoms with Gasteiger partial charge in [-0.25, -0.2) is 4.79 Å². The molecule has 0 saturated heterocycles. The molecule has 0 heterocycles. The van der Waals surface area contributed by atoms with Gasteiger partial charge in [0.15, 0.2) is 0 Å². The van der Waals surface area contributed by atoms with Crippen LogP contribution < -0.4 is 5.32 Å². The van der Waals surface area contributed by atoms with Gasteiger partial charge >= 0.3 is 5.97 Å². The molecule has 0 aliphatic rings. The molecule has 100 valence electrons. The number of aliphatic carboxylic acids is 1.